The van der Waals surface area contributed by atoms with Crippen LogP contribution in [0, 0.1) is 0 Å². The highest BCUT2D eigenvalue weighted by Gasteiger charge is 2.26. The van der Waals surface area contributed by atoms with Gasteiger partial charge in [0, 0.05) is 12.7 Å². The number of aliphatic hydroxyl groups excluding tert-OH is 1. The lowest BCUT2D eigenvalue weighted by molar-refractivity contribution is 0.266. The van der Waals surface area contributed by atoms with Crippen molar-refractivity contribution in [3.63, 3.8) is 0 Å². The number of hydrogen-bond donors (Lipinski definition) is 1. The molecule has 0 spiro atoms. The minimum absolute atomic E-state index is 0.146. The first-order valence-corrected chi connectivity index (χ1v) is 5.95. The summed E-state index contributed by atoms with van der Waals surface area (Å²) in [6.07, 6.45) is 3.70. The highest BCUT2D eigenvalue weighted by Crippen LogP contribution is 2.30. The molecule has 2 heterocycles. The van der Waals surface area contributed by atoms with Gasteiger partial charge in [-0.3, -0.25) is 0 Å². The van der Waals surface area contributed by atoms with Crippen molar-refractivity contribution in [1.82, 2.24) is 9.97 Å². The van der Waals surface area contributed by atoms with E-state index in [-0.39, 0.29) is 17.9 Å². The second kappa shape index (κ2) is 4.63. The summed E-state index contributed by atoms with van der Waals surface area (Å²) in [7, 11) is 0. The lowest BCUT2D eigenvalue weighted by Crippen LogP contribution is -2.33. The second-order valence-electron chi connectivity index (χ2n) is 3.48. The SMILES string of the molecule is OCC1CCCN1c1nc(Cl)ncc1Br. The summed E-state index contributed by atoms with van der Waals surface area (Å²) in [4.78, 5) is 10.1. The molecule has 6 heteroatoms. The largest absolute Gasteiger partial charge is 0.394 e. The molecule has 0 aliphatic carbocycles. The van der Waals surface area contributed by atoms with E-state index in [0.717, 1.165) is 29.7 Å². The standard InChI is InChI=1S/C9H11BrClN3O/c10-7-4-12-9(11)13-8(7)14-3-1-2-6(14)5-15/h4,6,15H,1-3,5H2. The van der Waals surface area contributed by atoms with Crippen molar-refractivity contribution < 1.29 is 5.11 Å². The van der Waals surface area contributed by atoms with Gasteiger partial charge in [0.15, 0.2) is 0 Å². The van der Waals surface area contributed by atoms with E-state index in [9.17, 15) is 5.11 Å². The Balaban J connectivity index is 2.31. The van der Waals surface area contributed by atoms with Gasteiger partial charge in [0.05, 0.1) is 17.1 Å². The van der Waals surface area contributed by atoms with E-state index < -0.39 is 0 Å². The summed E-state index contributed by atoms with van der Waals surface area (Å²) in [5.74, 6) is 0.770. The molecule has 0 aromatic carbocycles. The maximum Gasteiger partial charge on any atom is 0.224 e. The van der Waals surface area contributed by atoms with Crippen LogP contribution in [-0.4, -0.2) is 34.3 Å². The van der Waals surface area contributed by atoms with E-state index in [0.29, 0.717) is 0 Å². The van der Waals surface area contributed by atoms with Crippen LogP contribution in [0.25, 0.3) is 0 Å². The van der Waals surface area contributed by atoms with Crippen molar-refractivity contribution in [3.05, 3.63) is 16.0 Å². The Hall–Kier alpha value is -0.390. The number of aromatic nitrogens is 2. The number of anilines is 1. The molecule has 82 valence electrons. The van der Waals surface area contributed by atoms with Crippen LogP contribution in [0.2, 0.25) is 5.28 Å². The zero-order valence-corrected chi connectivity index (χ0v) is 10.4. The van der Waals surface area contributed by atoms with Crippen molar-refractivity contribution in [2.45, 2.75) is 18.9 Å². The van der Waals surface area contributed by atoms with E-state index in [1.807, 2.05) is 0 Å². The fourth-order valence-electron chi connectivity index (χ4n) is 1.84. The summed E-state index contributed by atoms with van der Waals surface area (Å²) in [5, 5.41) is 9.46. The lowest BCUT2D eigenvalue weighted by atomic mass is 10.2. The first kappa shape index (κ1) is 11.1. The highest BCUT2D eigenvalue weighted by atomic mass is 79.9. The van der Waals surface area contributed by atoms with Crippen molar-refractivity contribution in [1.29, 1.82) is 0 Å². The Labute approximate surface area is 101 Å². The minimum Gasteiger partial charge on any atom is -0.394 e. The van der Waals surface area contributed by atoms with Crippen molar-refractivity contribution in [3.8, 4) is 0 Å². The van der Waals surface area contributed by atoms with Crippen LogP contribution in [0.1, 0.15) is 12.8 Å². The molecule has 15 heavy (non-hydrogen) atoms. The van der Waals surface area contributed by atoms with Crippen molar-refractivity contribution in [2.24, 2.45) is 0 Å². The van der Waals surface area contributed by atoms with Crippen LogP contribution in [0.3, 0.4) is 0 Å². The minimum atomic E-state index is 0.146. The van der Waals surface area contributed by atoms with E-state index in [4.69, 9.17) is 11.6 Å². The van der Waals surface area contributed by atoms with E-state index in [1.54, 1.807) is 6.20 Å². The van der Waals surface area contributed by atoms with E-state index in [1.165, 1.54) is 0 Å². The summed E-state index contributed by atoms with van der Waals surface area (Å²) < 4.78 is 0.812. The molecule has 1 saturated heterocycles. The summed E-state index contributed by atoms with van der Waals surface area (Å²) in [6.45, 7) is 1.05. The Bertz CT molecular complexity index is 363. The molecule has 1 N–H and O–H groups in total. The molecule has 1 aliphatic heterocycles. The monoisotopic (exact) mass is 291 g/mol. The number of nitrogens with zero attached hydrogens (tertiary/aromatic N) is 3. The Morgan fingerprint density at radius 1 is 1.67 bits per heavy atom. The first-order chi connectivity index (χ1) is 7.22. The molecule has 2 rings (SSSR count). The molecule has 0 amide bonds. The average molecular weight is 293 g/mol. The molecular weight excluding hydrogens is 281 g/mol. The summed E-state index contributed by atoms with van der Waals surface area (Å²) in [5.41, 5.74) is 0. The quantitative estimate of drug-likeness (QED) is 0.845. The molecule has 0 bridgehead atoms. The molecule has 4 nitrogen and oxygen atoms in total. The smallest absolute Gasteiger partial charge is 0.224 e. The fourth-order valence-corrected chi connectivity index (χ4v) is 2.39. The molecule has 0 radical (unpaired) electrons. The maximum absolute atomic E-state index is 9.22. The number of aliphatic hydroxyl groups is 1. The van der Waals surface area contributed by atoms with Crippen LogP contribution < -0.4 is 4.90 Å². The lowest BCUT2D eigenvalue weighted by Gasteiger charge is -2.24. The van der Waals surface area contributed by atoms with Crippen LogP contribution in [0.15, 0.2) is 10.7 Å². The Kier molecular flexibility index (Phi) is 3.43. The third-order valence-corrected chi connectivity index (χ3v) is 3.30. The van der Waals surface area contributed by atoms with Gasteiger partial charge in [-0.15, -0.1) is 0 Å². The molecule has 1 fully saturated rings. The van der Waals surface area contributed by atoms with E-state index in [2.05, 4.69) is 30.8 Å². The fraction of sp³-hybridized carbons (Fsp3) is 0.556. The summed E-state index contributed by atoms with van der Waals surface area (Å²) in [6, 6.07) is 0.146. The molecule has 1 aromatic rings. The zero-order chi connectivity index (χ0) is 10.8. The third kappa shape index (κ3) is 2.24. The number of halogens is 2. The molecule has 1 unspecified atom stereocenters. The van der Waals surface area contributed by atoms with Crippen molar-refractivity contribution in [2.75, 3.05) is 18.1 Å². The predicted molar refractivity (Wildman–Crippen MR) is 62.2 cm³/mol. The van der Waals surface area contributed by atoms with Gasteiger partial charge < -0.3 is 10.0 Å². The van der Waals surface area contributed by atoms with Crippen molar-refractivity contribution >= 4 is 33.3 Å². The topological polar surface area (TPSA) is 49.2 Å². The average Bonchev–Trinajstić information content (AvgIpc) is 2.69. The van der Waals surface area contributed by atoms with Gasteiger partial charge in [-0.2, -0.15) is 4.98 Å². The van der Waals surface area contributed by atoms with Gasteiger partial charge in [0.1, 0.15) is 5.82 Å². The van der Waals surface area contributed by atoms with Crippen LogP contribution in [0.5, 0.6) is 0 Å². The van der Waals surface area contributed by atoms with Crippen LogP contribution in [-0.2, 0) is 0 Å². The van der Waals surface area contributed by atoms with Crippen LogP contribution in [0.4, 0.5) is 5.82 Å². The molecule has 1 atom stereocenters. The Morgan fingerprint density at radius 2 is 2.47 bits per heavy atom. The van der Waals surface area contributed by atoms with Crippen LogP contribution >= 0.6 is 27.5 Å². The molecule has 1 aromatic heterocycles. The van der Waals surface area contributed by atoms with Gasteiger partial charge in [-0.05, 0) is 40.4 Å². The normalized spacial score (nSPS) is 21.0. The molecule has 1 aliphatic rings. The number of rotatable bonds is 2. The van der Waals surface area contributed by atoms with E-state index >= 15 is 0 Å². The number of hydrogen-bond acceptors (Lipinski definition) is 4. The maximum atomic E-state index is 9.22. The van der Waals surface area contributed by atoms with Gasteiger partial charge >= 0.3 is 0 Å². The van der Waals surface area contributed by atoms with Gasteiger partial charge in [-0.1, -0.05) is 0 Å². The molecular formula is C9H11BrClN3O. The second-order valence-corrected chi connectivity index (χ2v) is 4.67. The predicted octanol–water partition coefficient (Wildman–Crippen LogP) is 1.85. The van der Waals surface area contributed by atoms with Gasteiger partial charge in [0.2, 0.25) is 5.28 Å². The molecule has 0 saturated carbocycles. The first-order valence-electron chi connectivity index (χ1n) is 4.78. The Morgan fingerprint density at radius 3 is 3.20 bits per heavy atom. The highest BCUT2D eigenvalue weighted by molar-refractivity contribution is 9.10. The van der Waals surface area contributed by atoms with Gasteiger partial charge in [-0.25, -0.2) is 4.98 Å². The third-order valence-electron chi connectivity index (χ3n) is 2.56. The zero-order valence-electron chi connectivity index (χ0n) is 8.03. The van der Waals surface area contributed by atoms with Gasteiger partial charge in [0.25, 0.3) is 0 Å². The summed E-state index contributed by atoms with van der Waals surface area (Å²) >= 11 is 9.14.